The lowest BCUT2D eigenvalue weighted by Gasteiger charge is -2.07. The van der Waals surface area contributed by atoms with Crippen molar-refractivity contribution in [2.24, 2.45) is 0 Å². The molecule has 0 unspecified atom stereocenters. The highest BCUT2D eigenvalue weighted by Gasteiger charge is 2.03. The van der Waals surface area contributed by atoms with Crippen LogP contribution in [0, 0.1) is 0 Å². The van der Waals surface area contributed by atoms with Crippen LogP contribution in [0.3, 0.4) is 0 Å². The third kappa shape index (κ3) is 2.87. The molecule has 1 aromatic heterocycles. The first kappa shape index (κ1) is 11.7. The van der Waals surface area contributed by atoms with Gasteiger partial charge in [-0.05, 0) is 18.2 Å². The van der Waals surface area contributed by atoms with Crippen molar-refractivity contribution >= 4 is 44.6 Å². The van der Waals surface area contributed by atoms with Crippen LogP contribution in [0.2, 0.25) is 4.47 Å². The standard InChI is InChI=1S/C10H8BrClN2OS/c11-6-1-2-9(15)8(3-6)13-4-7-5-14-10(12)16-7/h1-3,5,13,15H,4H2. The predicted octanol–water partition coefficient (Wildman–Crippen LogP) is 3.88. The van der Waals surface area contributed by atoms with E-state index in [4.69, 9.17) is 11.6 Å². The Kier molecular flexibility index (Phi) is 3.68. The monoisotopic (exact) mass is 318 g/mol. The Morgan fingerprint density at radius 1 is 1.50 bits per heavy atom. The molecular weight excluding hydrogens is 312 g/mol. The first-order valence-electron chi connectivity index (χ1n) is 4.48. The Morgan fingerprint density at radius 2 is 2.31 bits per heavy atom. The van der Waals surface area contributed by atoms with E-state index in [1.54, 1.807) is 18.3 Å². The van der Waals surface area contributed by atoms with Gasteiger partial charge in [0.1, 0.15) is 5.75 Å². The molecule has 2 aromatic rings. The molecule has 84 valence electrons. The molecule has 1 aromatic carbocycles. The van der Waals surface area contributed by atoms with Crippen LogP contribution in [0.5, 0.6) is 5.75 Å². The summed E-state index contributed by atoms with van der Waals surface area (Å²) in [6, 6.07) is 5.23. The number of benzene rings is 1. The molecule has 0 aliphatic carbocycles. The summed E-state index contributed by atoms with van der Waals surface area (Å²) in [6.07, 6.45) is 1.72. The first-order valence-corrected chi connectivity index (χ1v) is 6.46. The van der Waals surface area contributed by atoms with E-state index >= 15 is 0 Å². The highest BCUT2D eigenvalue weighted by atomic mass is 79.9. The summed E-state index contributed by atoms with van der Waals surface area (Å²) in [5, 5.41) is 12.7. The smallest absolute Gasteiger partial charge is 0.183 e. The minimum atomic E-state index is 0.221. The van der Waals surface area contributed by atoms with Crippen molar-refractivity contribution in [1.82, 2.24) is 4.98 Å². The minimum Gasteiger partial charge on any atom is -0.506 e. The Bertz CT molecular complexity index is 503. The van der Waals surface area contributed by atoms with Crippen molar-refractivity contribution < 1.29 is 5.11 Å². The number of aromatic nitrogens is 1. The van der Waals surface area contributed by atoms with Crippen molar-refractivity contribution in [3.05, 3.63) is 38.2 Å². The molecule has 0 saturated carbocycles. The number of phenolic OH excluding ortho intramolecular Hbond substituents is 1. The summed E-state index contributed by atoms with van der Waals surface area (Å²) in [4.78, 5) is 4.96. The third-order valence-corrected chi connectivity index (χ3v) is 3.55. The van der Waals surface area contributed by atoms with Gasteiger partial charge < -0.3 is 10.4 Å². The van der Waals surface area contributed by atoms with Crippen LogP contribution in [0.4, 0.5) is 5.69 Å². The molecule has 0 fully saturated rings. The molecule has 0 spiro atoms. The van der Waals surface area contributed by atoms with Crippen molar-refractivity contribution in [3.8, 4) is 5.75 Å². The molecular formula is C10H8BrClN2OS. The zero-order valence-electron chi connectivity index (χ0n) is 8.08. The van der Waals surface area contributed by atoms with Crippen molar-refractivity contribution in [2.75, 3.05) is 5.32 Å². The first-order chi connectivity index (χ1) is 7.65. The van der Waals surface area contributed by atoms with Crippen molar-refractivity contribution in [3.63, 3.8) is 0 Å². The third-order valence-electron chi connectivity index (χ3n) is 1.94. The van der Waals surface area contributed by atoms with Crippen LogP contribution in [0.25, 0.3) is 0 Å². The summed E-state index contributed by atoms with van der Waals surface area (Å²) in [6.45, 7) is 0.592. The molecule has 16 heavy (non-hydrogen) atoms. The van der Waals surface area contributed by atoms with Crippen LogP contribution in [0.1, 0.15) is 4.88 Å². The fourth-order valence-electron chi connectivity index (χ4n) is 1.20. The Labute approximate surface area is 110 Å². The van der Waals surface area contributed by atoms with E-state index in [9.17, 15) is 5.11 Å². The van der Waals surface area contributed by atoms with Crippen molar-refractivity contribution in [1.29, 1.82) is 0 Å². The number of anilines is 1. The van der Waals surface area contributed by atoms with Crippen LogP contribution in [-0.2, 0) is 6.54 Å². The minimum absolute atomic E-state index is 0.221. The second-order valence-corrected chi connectivity index (χ2v) is 5.71. The predicted molar refractivity (Wildman–Crippen MR) is 70.3 cm³/mol. The van der Waals surface area contributed by atoms with Gasteiger partial charge in [-0.3, -0.25) is 0 Å². The maximum atomic E-state index is 9.60. The molecule has 3 nitrogen and oxygen atoms in total. The van der Waals surface area contributed by atoms with Gasteiger partial charge in [0, 0.05) is 15.5 Å². The zero-order valence-corrected chi connectivity index (χ0v) is 11.2. The topological polar surface area (TPSA) is 45.1 Å². The van der Waals surface area contributed by atoms with Gasteiger partial charge in [-0.25, -0.2) is 4.98 Å². The lowest BCUT2D eigenvalue weighted by molar-refractivity contribution is 0.477. The number of hydrogen-bond acceptors (Lipinski definition) is 4. The van der Waals surface area contributed by atoms with Gasteiger partial charge in [-0.1, -0.05) is 27.5 Å². The average molecular weight is 320 g/mol. The van der Waals surface area contributed by atoms with E-state index in [-0.39, 0.29) is 5.75 Å². The van der Waals surface area contributed by atoms with E-state index in [1.165, 1.54) is 11.3 Å². The number of hydrogen-bond donors (Lipinski definition) is 2. The molecule has 2 N–H and O–H groups in total. The number of thiazole rings is 1. The molecule has 0 aliphatic rings. The second kappa shape index (κ2) is 5.03. The van der Waals surface area contributed by atoms with Crippen LogP contribution in [-0.4, -0.2) is 10.1 Å². The van der Waals surface area contributed by atoms with E-state index < -0.39 is 0 Å². The number of nitrogens with zero attached hydrogens (tertiary/aromatic N) is 1. The number of aromatic hydroxyl groups is 1. The van der Waals surface area contributed by atoms with Crippen LogP contribution in [0.15, 0.2) is 28.9 Å². The largest absolute Gasteiger partial charge is 0.506 e. The highest BCUT2D eigenvalue weighted by molar-refractivity contribution is 9.10. The van der Waals surface area contributed by atoms with Gasteiger partial charge in [0.15, 0.2) is 4.47 Å². The second-order valence-electron chi connectivity index (χ2n) is 3.09. The summed E-state index contributed by atoms with van der Waals surface area (Å²) in [5.74, 6) is 0.221. The Hall–Kier alpha value is -0.780. The molecule has 2 rings (SSSR count). The summed E-state index contributed by atoms with van der Waals surface area (Å²) in [5.41, 5.74) is 0.680. The summed E-state index contributed by atoms with van der Waals surface area (Å²) >= 11 is 10.5. The van der Waals surface area contributed by atoms with E-state index in [2.05, 4.69) is 26.2 Å². The van der Waals surface area contributed by atoms with Gasteiger partial charge in [0.05, 0.1) is 12.2 Å². The summed E-state index contributed by atoms with van der Waals surface area (Å²) < 4.78 is 1.44. The average Bonchev–Trinajstić information content (AvgIpc) is 2.66. The van der Waals surface area contributed by atoms with E-state index in [1.807, 2.05) is 6.07 Å². The number of nitrogens with one attached hydrogen (secondary N) is 1. The van der Waals surface area contributed by atoms with Gasteiger partial charge in [-0.2, -0.15) is 0 Å². The summed E-state index contributed by atoms with van der Waals surface area (Å²) in [7, 11) is 0. The number of rotatable bonds is 3. The lowest BCUT2D eigenvalue weighted by Crippen LogP contribution is -1.97. The van der Waals surface area contributed by atoms with Gasteiger partial charge >= 0.3 is 0 Å². The number of halogens is 2. The SMILES string of the molecule is Oc1ccc(Br)cc1NCc1cnc(Cl)s1. The maximum Gasteiger partial charge on any atom is 0.183 e. The molecule has 1 heterocycles. The molecule has 0 atom stereocenters. The van der Waals surface area contributed by atoms with Crippen molar-refractivity contribution in [2.45, 2.75) is 6.54 Å². The van der Waals surface area contributed by atoms with E-state index in [0.29, 0.717) is 16.7 Å². The Morgan fingerprint density at radius 3 is 3.00 bits per heavy atom. The maximum absolute atomic E-state index is 9.60. The fourth-order valence-corrected chi connectivity index (χ4v) is 2.48. The lowest BCUT2D eigenvalue weighted by atomic mass is 10.3. The molecule has 6 heteroatoms. The molecule has 0 aliphatic heterocycles. The Balaban J connectivity index is 2.07. The normalized spacial score (nSPS) is 10.4. The number of phenols is 1. The zero-order chi connectivity index (χ0) is 11.5. The quantitative estimate of drug-likeness (QED) is 0.844. The van der Waals surface area contributed by atoms with Gasteiger partial charge in [0.2, 0.25) is 0 Å². The molecule has 0 amide bonds. The van der Waals surface area contributed by atoms with Crippen LogP contribution >= 0.6 is 38.9 Å². The molecule has 0 radical (unpaired) electrons. The molecule has 0 saturated heterocycles. The van der Waals surface area contributed by atoms with Gasteiger partial charge in [0.25, 0.3) is 0 Å². The van der Waals surface area contributed by atoms with E-state index in [0.717, 1.165) is 9.35 Å². The van der Waals surface area contributed by atoms with Crippen LogP contribution < -0.4 is 5.32 Å². The molecule has 0 bridgehead atoms. The fraction of sp³-hybridized carbons (Fsp3) is 0.100. The highest BCUT2D eigenvalue weighted by Crippen LogP contribution is 2.28. The van der Waals surface area contributed by atoms with Gasteiger partial charge in [-0.15, -0.1) is 11.3 Å².